The predicted molar refractivity (Wildman–Crippen MR) is 131 cm³/mol. The number of hydrogen-bond acceptors (Lipinski definition) is 3. The summed E-state index contributed by atoms with van der Waals surface area (Å²) in [5.41, 5.74) is 1.96. The lowest BCUT2D eigenvalue weighted by molar-refractivity contribution is -0.159. The van der Waals surface area contributed by atoms with E-state index in [9.17, 15) is 4.79 Å². The molecule has 1 aromatic carbocycles. The van der Waals surface area contributed by atoms with Gasteiger partial charge in [0, 0.05) is 19.5 Å². The van der Waals surface area contributed by atoms with Gasteiger partial charge in [0.1, 0.15) is 5.75 Å². The van der Waals surface area contributed by atoms with E-state index in [2.05, 4.69) is 37.9 Å². The van der Waals surface area contributed by atoms with Crippen molar-refractivity contribution in [1.29, 1.82) is 0 Å². The molecule has 1 saturated heterocycles. The van der Waals surface area contributed by atoms with Gasteiger partial charge in [-0.05, 0) is 104 Å². The molecular weight excluding hydrogens is 410 g/mol. The highest BCUT2D eigenvalue weighted by Crippen LogP contribution is 2.66. The third-order valence-electron chi connectivity index (χ3n) is 10.6. The Morgan fingerprint density at radius 3 is 2.48 bits per heavy atom. The highest BCUT2D eigenvalue weighted by atomic mass is 16.5. The number of fused-ring (bicyclic) bond motifs is 5. The molecule has 1 aliphatic heterocycles. The maximum Gasteiger partial charge on any atom is 0.222 e. The van der Waals surface area contributed by atoms with E-state index < -0.39 is 0 Å². The molecule has 4 fully saturated rings. The first-order chi connectivity index (χ1) is 15.9. The molecule has 0 aromatic heterocycles. The van der Waals surface area contributed by atoms with Gasteiger partial charge in [-0.15, -0.1) is 0 Å². The summed E-state index contributed by atoms with van der Waals surface area (Å²) >= 11 is 0. The number of benzene rings is 1. The quantitative estimate of drug-likeness (QED) is 0.524. The van der Waals surface area contributed by atoms with Crippen LogP contribution in [-0.4, -0.2) is 37.1 Å². The number of rotatable bonds is 6. The summed E-state index contributed by atoms with van der Waals surface area (Å²) < 4.78 is 11.9. The summed E-state index contributed by atoms with van der Waals surface area (Å²) in [6, 6.07) is 8.80. The second kappa shape index (κ2) is 8.91. The molecule has 0 N–H and O–H groups in total. The summed E-state index contributed by atoms with van der Waals surface area (Å²) in [7, 11) is 2.06. The summed E-state index contributed by atoms with van der Waals surface area (Å²) in [6.07, 6.45) is 9.69. The number of amides is 1. The molecule has 0 spiro atoms. The summed E-state index contributed by atoms with van der Waals surface area (Å²) in [5.74, 6) is 4.42. The van der Waals surface area contributed by atoms with Crippen LogP contribution in [0.5, 0.6) is 5.75 Å². The predicted octanol–water partition coefficient (Wildman–Crippen LogP) is 6.08. The molecule has 33 heavy (non-hydrogen) atoms. The Morgan fingerprint density at radius 1 is 0.970 bits per heavy atom. The molecule has 0 bridgehead atoms. The third kappa shape index (κ3) is 3.90. The second-order valence-corrected chi connectivity index (χ2v) is 11.9. The van der Waals surface area contributed by atoms with Crippen molar-refractivity contribution in [1.82, 2.24) is 4.90 Å². The van der Waals surface area contributed by atoms with Crippen LogP contribution in [0, 0.1) is 34.5 Å². The average Bonchev–Trinajstić information content (AvgIpc) is 3.14. The number of hydrogen-bond donors (Lipinski definition) is 0. The van der Waals surface area contributed by atoms with E-state index in [0.29, 0.717) is 41.9 Å². The first kappa shape index (κ1) is 23.2. The Morgan fingerprint density at radius 2 is 1.73 bits per heavy atom. The van der Waals surface area contributed by atoms with Gasteiger partial charge in [-0.2, -0.15) is 0 Å². The first-order valence-electron chi connectivity index (χ1n) is 13.4. The molecule has 1 aromatic rings. The third-order valence-corrected chi connectivity index (χ3v) is 10.6. The molecule has 1 unspecified atom stereocenters. The lowest BCUT2D eigenvalue weighted by Gasteiger charge is -2.61. The molecule has 4 aliphatic rings. The van der Waals surface area contributed by atoms with Crippen molar-refractivity contribution in [2.75, 3.05) is 20.3 Å². The maximum atomic E-state index is 12.4. The summed E-state index contributed by atoms with van der Waals surface area (Å²) in [6.45, 7) is 9.39. The van der Waals surface area contributed by atoms with Gasteiger partial charge in [-0.1, -0.05) is 26.0 Å². The Balaban J connectivity index is 1.22. The molecule has 1 amide bonds. The number of piperidine rings is 1. The number of nitrogens with zero attached hydrogens (tertiary/aromatic N) is 1. The fraction of sp³-hybridized carbons (Fsp3) is 0.759. The monoisotopic (exact) mass is 453 g/mol. The van der Waals surface area contributed by atoms with Crippen LogP contribution in [0.2, 0.25) is 0 Å². The zero-order chi connectivity index (χ0) is 23.2. The lowest BCUT2D eigenvalue weighted by Crippen LogP contribution is -2.61. The van der Waals surface area contributed by atoms with Crippen molar-refractivity contribution in [2.45, 2.75) is 84.8 Å². The smallest absolute Gasteiger partial charge is 0.222 e. The molecule has 182 valence electrons. The van der Waals surface area contributed by atoms with Crippen molar-refractivity contribution >= 4 is 5.91 Å². The first-order valence-corrected chi connectivity index (χ1v) is 13.4. The fourth-order valence-corrected chi connectivity index (χ4v) is 8.70. The SMILES string of the molecule is CCOc1ccc(COCC2CC[C@H]3[C@@H]4CC[C@H]5N(C)C(=O)CC[C@]5(C)[C@H]4CC[C@]23C)cc1. The molecule has 4 heteroatoms. The average molecular weight is 454 g/mol. The van der Waals surface area contributed by atoms with Gasteiger partial charge in [0.25, 0.3) is 0 Å². The number of likely N-dealkylation sites (tertiary alicyclic amines) is 1. The summed E-state index contributed by atoms with van der Waals surface area (Å²) in [4.78, 5) is 14.5. The van der Waals surface area contributed by atoms with Gasteiger partial charge in [-0.3, -0.25) is 4.79 Å². The number of carbonyl (C=O) groups excluding carboxylic acids is 1. The van der Waals surface area contributed by atoms with Crippen LogP contribution in [0.3, 0.4) is 0 Å². The van der Waals surface area contributed by atoms with E-state index in [0.717, 1.165) is 43.0 Å². The van der Waals surface area contributed by atoms with Crippen LogP contribution < -0.4 is 4.74 Å². The highest BCUT2D eigenvalue weighted by molar-refractivity contribution is 5.77. The Hall–Kier alpha value is -1.55. The van der Waals surface area contributed by atoms with E-state index in [4.69, 9.17) is 9.47 Å². The van der Waals surface area contributed by atoms with Gasteiger partial charge in [-0.25, -0.2) is 0 Å². The second-order valence-electron chi connectivity index (χ2n) is 11.9. The van der Waals surface area contributed by atoms with Gasteiger partial charge in [0.2, 0.25) is 5.91 Å². The highest BCUT2D eigenvalue weighted by Gasteiger charge is 2.61. The molecule has 4 nitrogen and oxygen atoms in total. The maximum absolute atomic E-state index is 12.4. The van der Waals surface area contributed by atoms with Crippen LogP contribution in [0.25, 0.3) is 0 Å². The van der Waals surface area contributed by atoms with Crippen molar-refractivity contribution in [3.63, 3.8) is 0 Å². The number of carbonyl (C=O) groups is 1. The lowest BCUT2D eigenvalue weighted by atomic mass is 9.47. The molecule has 5 rings (SSSR count). The molecular formula is C29H43NO3. The van der Waals surface area contributed by atoms with Crippen LogP contribution in [0.1, 0.15) is 77.7 Å². The van der Waals surface area contributed by atoms with E-state index in [1.807, 2.05) is 19.1 Å². The van der Waals surface area contributed by atoms with E-state index in [1.165, 1.54) is 44.1 Å². The van der Waals surface area contributed by atoms with Crippen molar-refractivity contribution in [2.24, 2.45) is 34.5 Å². The minimum Gasteiger partial charge on any atom is -0.494 e. The Kier molecular flexibility index (Phi) is 6.26. The largest absolute Gasteiger partial charge is 0.494 e. The van der Waals surface area contributed by atoms with Crippen molar-refractivity contribution in [3.05, 3.63) is 29.8 Å². The van der Waals surface area contributed by atoms with Gasteiger partial charge < -0.3 is 14.4 Å². The Bertz CT molecular complexity index is 853. The van der Waals surface area contributed by atoms with Gasteiger partial charge in [0.15, 0.2) is 0 Å². The minimum atomic E-state index is 0.315. The molecule has 0 radical (unpaired) electrons. The van der Waals surface area contributed by atoms with Crippen LogP contribution in [-0.2, 0) is 16.1 Å². The van der Waals surface area contributed by atoms with Crippen LogP contribution in [0.4, 0.5) is 0 Å². The van der Waals surface area contributed by atoms with E-state index >= 15 is 0 Å². The zero-order valence-electron chi connectivity index (χ0n) is 21.1. The molecule has 1 heterocycles. The Labute approximate surface area is 200 Å². The van der Waals surface area contributed by atoms with Crippen LogP contribution in [0.15, 0.2) is 24.3 Å². The zero-order valence-corrected chi connectivity index (χ0v) is 21.1. The fourth-order valence-electron chi connectivity index (χ4n) is 8.70. The van der Waals surface area contributed by atoms with E-state index in [1.54, 1.807) is 0 Å². The normalized spacial score (nSPS) is 40.2. The van der Waals surface area contributed by atoms with E-state index in [-0.39, 0.29) is 0 Å². The molecule has 3 saturated carbocycles. The summed E-state index contributed by atoms with van der Waals surface area (Å²) in [5, 5.41) is 0. The molecule has 3 aliphatic carbocycles. The van der Waals surface area contributed by atoms with Gasteiger partial charge in [0.05, 0.1) is 19.8 Å². The molecule has 7 atom stereocenters. The standard InChI is InChI=1S/C29H43NO3/c1-5-33-22-9-6-20(7-10-22)18-32-19-21-8-12-24-23-11-13-26-29(3,17-15-27(31)30(26)4)25(23)14-16-28(21,24)2/h6-7,9-10,21,23-26H,5,8,11-19H2,1-4H3/t21?,23-,24-,25-,26+,28+,29+/m0/s1. The minimum absolute atomic E-state index is 0.315. The van der Waals surface area contributed by atoms with Crippen molar-refractivity contribution in [3.8, 4) is 5.75 Å². The van der Waals surface area contributed by atoms with Crippen LogP contribution >= 0.6 is 0 Å². The topological polar surface area (TPSA) is 38.8 Å². The number of ether oxygens (including phenoxy) is 2. The van der Waals surface area contributed by atoms with Crippen molar-refractivity contribution < 1.29 is 14.3 Å². The van der Waals surface area contributed by atoms with Gasteiger partial charge >= 0.3 is 0 Å².